The molecule has 1 saturated carbocycles. The predicted molar refractivity (Wildman–Crippen MR) is 64.4 cm³/mol. The maximum atomic E-state index is 11.9. The Kier molecular flexibility index (Phi) is 3.22. The monoisotopic (exact) mass is 235 g/mol. The number of carbonyl (C=O) groups is 1. The molecule has 1 aromatic carbocycles. The molecule has 0 heterocycles. The van der Waals surface area contributed by atoms with Gasteiger partial charge in [-0.2, -0.15) is 0 Å². The van der Waals surface area contributed by atoms with Crippen LogP contribution >= 0.6 is 0 Å². The molecule has 2 N–H and O–H groups in total. The number of nitrogens with one attached hydrogen (secondary N) is 1. The normalized spacial score (nSPS) is 14.8. The van der Waals surface area contributed by atoms with Crippen molar-refractivity contribution in [2.75, 3.05) is 0 Å². The molecule has 1 aliphatic carbocycles. The zero-order chi connectivity index (χ0) is 12.4. The van der Waals surface area contributed by atoms with Crippen molar-refractivity contribution >= 4 is 5.91 Å². The molecular formula is C13H17NO3. The molecule has 0 radical (unpaired) electrons. The number of ether oxygens (including phenoxy) is 1. The van der Waals surface area contributed by atoms with Gasteiger partial charge in [0.25, 0.3) is 5.91 Å². The lowest BCUT2D eigenvalue weighted by Gasteiger charge is -2.14. The lowest BCUT2D eigenvalue weighted by atomic mass is 10.1. The van der Waals surface area contributed by atoms with Crippen LogP contribution in [0.1, 0.15) is 37.0 Å². The van der Waals surface area contributed by atoms with Gasteiger partial charge in [-0.1, -0.05) is 0 Å². The Morgan fingerprint density at radius 1 is 1.47 bits per heavy atom. The number of hydrogen-bond donors (Lipinski definition) is 2. The van der Waals surface area contributed by atoms with E-state index in [1.54, 1.807) is 6.07 Å². The van der Waals surface area contributed by atoms with Gasteiger partial charge in [0.2, 0.25) is 0 Å². The summed E-state index contributed by atoms with van der Waals surface area (Å²) in [5.41, 5.74) is 0.394. The zero-order valence-corrected chi connectivity index (χ0v) is 10.1. The summed E-state index contributed by atoms with van der Waals surface area (Å²) in [7, 11) is 0. The number of hydrogen-bond acceptors (Lipinski definition) is 3. The molecule has 0 saturated heterocycles. The Bertz CT molecular complexity index is 425. The maximum absolute atomic E-state index is 11.9. The third-order valence-corrected chi connectivity index (χ3v) is 2.48. The summed E-state index contributed by atoms with van der Waals surface area (Å²) >= 11 is 0. The first kappa shape index (κ1) is 11.8. The standard InChI is InChI=1S/C13H17NO3/c1-8(2)17-12-6-5-10(15)7-11(12)13(16)14-9-3-4-9/h5-9,15H,3-4H2,1-2H3,(H,14,16). The minimum absolute atomic E-state index is 0.00739. The van der Waals surface area contributed by atoms with Crippen molar-refractivity contribution in [2.24, 2.45) is 0 Å². The van der Waals surface area contributed by atoms with Crippen molar-refractivity contribution in [3.05, 3.63) is 23.8 Å². The van der Waals surface area contributed by atoms with Crippen molar-refractivity contribution in [1.82, 2.24) is 5.32 Å². The van der Waals surface area contributed by atoms with E-state index in [2.05, 4.69) is 5.32 Å². The molecule has 0 bridgehead atoms. The van der Waals surface area contributed by atoms with E-state index in [0.29, 0.717) is 11.3 Å². The molecule has 92 valence electrons. The topological polar surface area (TPSA) is 58.6 Å². The smallest absolute Gasteiger partial charge is 0.255 e. The SMILES string of the molecule is CC(C)Oc1ccc(O)cc1C(=O)NC1CC1. The van der Waals surface area contributed by atoms with E-state index in [0.717, 1.165) is 12.8 Å². The second-order valence-corrected chi connectivity index (χ2v) is 4.59. The van der Waals surface area contributed by atoms with E-state index in [1.807, 2.05) is 13.8 Å². The van der Waals surface area contributed by atoms with Crippen molar-refractivity contribution in [3.8, 4) is 11.5 Å². The van der Waals surface area contributed by atoms with E-state index in [9.17, 15) is 9.90 Å². The van der Waals surface area contributed by atoms with Gasteiger partial charge in [-0.15, -0.1) is 0 Å². The summed E-state index contributed by atoms with van der Waals surface area (Å²) in [4.78, 5) is 11.9. The number of phenols is 1. The number of phenolic OH excluding ortho intramolecular Hbond substituents is 1. The first-order valence-electron chi connectivity index (χ1n) is 5.87. The predicted octanol–water partition coefficient (Wildman–Crippen LogP) is 2.07. The van der Waals surface area contributed by atoms with Crippen LogP contribution in [0.2, 0.25) is 0 Å². The summed E-state index contributed by atoms with van der Waals surface area (Å²) < 4.78 is 5.55. The number of aromatic hydroxyl groups is 1. The van der Waals surface area contributed by atoms with Crippen LogP contribution in [0.25, 0.3) is 0 Å². The lowest BCUT2D eigenvalue weighted by molar-refractivity contribution is 0.0944. The first-order valence-corrected chi connectivity index (χ1v) is 5.87. The van der Waals surface area contributed by atoms with Crippen LogP contribution in [-0.4, -0.2) is 23.2 Å². The molecule has 1 aromatic rings. The Morgan fingerprint density at radius 2 is 2.18 bits per heavy atom. The second-order valence-electron chi connectivity index (χ2n) is 4.59. The molecule has 4 heteroatoms. The van der Waals surface area contributed by atoms with Gasteiger partial charge in [-0.3, -0.25) is 4.79 Å². The molecular weight excluding hydrogens is 218 g/mol. The van der Waals surface area contributed by atoms with E-state index in [1.165, 1.54) is 12.1 Å². The van der Waals surface area contributed by atoms with Gasteiger partial charge in [0.1, 0.15) is 11.5 Å². The molecule has 2 rings (SSSR count). The maximum Gasteiger partial charge on any atom is 0.255 e. The molecule has 1 aliphatic rings. The number of benzene rings is 1. The summed E-state index contributed by atoms with van der Waals surface area (Å²) in [6.45, 7) is 3.80. The van der Waals surface area contributed by atoms with Gasteiger partial charge in [-0.05, 0) is 44.9 Å². The van der Waals surface area contributed by atoms with Crippen LogP contribution in [0, 0.1) is 0 Å². The van der Waals surface area contributed by atoms with Crippen LogP contribution in [0.15, 0.2) is 18.2 Å². The fourth-order valence-electron chi connectivity index (χ4n) is 1.54. The van der Waals surface area contributed by atoms with Crippen molar-refractivity contribution < 1.29 is 14.6 Å². The van der Waals surface area contributed by atoms with Crippen LogP contribution in [0.5, 0.6) is 11.5 Å². The fraction of sp³-hybridized carbons (Fsp3) is 0.462. The average Bonchev–Trinajstić information content (AvgIpc) is 3.03. The molecule has 0 unspecified atom stereocenters. The quantitative estimate of drug-likeness (QED) is 0.840. The number of amides is 1. The molecule has 17 heavy (non-hydrogen) atoms. The molecule has 0 aromatic heterocycles. The second kappa shape index (κ2) is 4.65. The minimum atomic E-state index is -0.181. The van der Waals surface area contributed by atoms with Gasteiger partial charge in [0.05, 0.1) is 11.7 Å². The van der Waals surface area contributed by atoms with Crippen LogP contribution in [0.3, 0.4) is 0 Å². The number of carbonyl (C=O) groups excluding carboxylic acids is 1. The zero-order valence-electron chi connectivity index (χ0n) is 10.1. The number of rotatable bonds is 4. The molecule has 1 fully saturated rings. The third kappa shape index (κ3) is 3.12. The Hall–Kier alpha value is -1.71. The van der Waals surface area contributed by atoms with E-state index in [-0.39, 0.29) is 23.8 Å². The van der Waals surface area contributed by atoms with Crippen molar-refractivity contribution in [1.29, 1.82) is 0 Å². The van der Waals surface area contributed by atoms with E-state index >= 15 is 0 Å². The van der Waals surface area contributed by atoms with Gasteiger partial charge in [-0.25, -0.2) is 0 Å². The minimum Gasteiger partial charge on any atom is -0.508 e. The van der Waals surface area contributed by atoms with Crippen LogP contribution in [-0.2, 0) is 0 Å². The first-order chi connectivity index (χ1) is 8.06. The van der Waals surface area contributed by atoms with Gasteiger partial charge >= 0.3 is 0 Å². The summed E-state index contributed by atoms with van der Waals surface area (Å²) in [6.07, 6.45) is 2.06. The van der Waals surface area contributed by atoms with Crippen LogP contribution in [0.4, 0.5) is 0 Å². The molecule has 4 nitrogen and oxygen atoms in total. The highest BCUT2D eigenvalue weighted by Gasteiger charge is 2.25. The Balaban J connectivity index is 2.21. The third-order valence-electron chi connectivity index (χ3n) is 2.48. The lowest BCUT2D eigenvalue weighted by Crippen LogP contribution is -2.26. The molecule has 0 atom stereocenters. The van der Waals surface area contributed by atoms with E-state index in [4.69, 9.17) is 4.74 Å². The molecule has 0 aliphatic heterocycles. The van der Waals surface area contributed by atoms with Crippen LogP contribution < -0.4 is 10.1 Å². The highest BCUT2D eigenvalue weighted by Crippen LogP contribution is 2.26. The highest BCUT2D eigenvalue weighted by molar-refractivity contribution is 5.97. The Labute approximate surface area is 101 Å². The fourth-order valence-corrected chi connectivity index (χ4v) is 1.54. The average molecular weight is 235 g/mol. The van der Waals surface area contributed by atoms with Gasteiger partial charge in [0, 0.05) is 6.04 Å². The highest BCUT2D eigenvalue weighted by atomic mass is 16.5. The largest absolute Gasteiger partial charge is 0.508 e. The summed E-state index contributed by atoms with van der Waals surface area (Å²) in [6, 6.07) is 4.87. The van der Waals surface area contributed by atoms with Crippen molar-refractivity contribution in [2.45, 2.75) is 38.8 Å². The Morgan fingerprint density at radius 3 is 2.76 bits per heavy atom. The van der Waals surface area contributed by atoms with Crippen molar-refractivity contribution in [3.63, 3.8) is 0 Å². The van der Waals surface area contributed by atoms with Gasteiger partial charge in [0.15, 0.2) is 0 Å². The summed E-state index contributed by atoms with van der Waals surface area (Å²) in [5, 5.41) is 12.3. The summed E-state index contributed by atoms with van der Waals surface area (Å²) in [5.74, 6) is 0.400. The van der Waals surface area contributed by atoms with Gasteiger partial charge < -0.3 is 15.2 Å². The van der Waals surface area contributed by atoms with E-state index < -0.39 is 0 Å². The molecule has 0 spiro atoms. The molecule has 1 amide bonds.